The fraction of sp³-hybridized carbons (Fsp3) is 0.100. The predicted molar refractivity (Wildman–Crippen MR) is 116 cm³/mol. The number of thioether (sulfide) groups is 1. The Bertz CT molecular complexity index is 1280. The Labute approximate surface area is 175 Å². The highest BCUT2D eigenvalue weighted by molar-refractivity contribution is 7.99. The molecule has 1 N–H and O–H groups in total. The van der Waals surface area contributed by atoms with Gasteiger partial charge < -0.3 is 5.32 Å². The van der Waals surface area contributed by atoms with Crippen molar-refractivity contribution in [2.24, 2.45) is 0 Å². The maximum absolute atomic E-state index is 12.8. The standard InChI is InChI=1S/C20H16ClN5O2S/c1-2-11-25-18(28)15-5-3-4-6-16(15)26-19(25)23-24-20(26)29-12-17(27)22-14-9-7-13(21)8-10-14/h2-10H,1,11-12H2,(H,22,27). The Morgan fingerprint density at radius 2 is 1.93 bits per heavy atom. The average Bonchev–Trinajstić information content (AvgIpc) is 3.15. The molecule has 9 heteroatoms. The molecule has 0 saturated heterocycles. The number of para-hydroxylation sites is 1. The van der Waals surface area contributed by atoms with Crippen LogP contribution in [0.4, 0.5) is 5.69 Å². The lowest BCUT2D eigenvalue weighted by Gasteiger charge is -2.09. The summed E-state index contributed by atoms with van der Waals surface area (Å²) < 4.78 is 3.31. The number of benzene rings is 2. The molecule has 2 aromatic carbocycles. The van der Waals surface area contributed by atoms with Crippen LogP contribution in [0.1, 0.15) is 0 Å². The van der Waals surface area contributed by atoms with Gasteiger partial charge in [0.05, 0.1) is 16.7 Å². The minimum absolute atomic E-state index is 0.137. The number of nitrogens with zero attached hydrogens (tertiary/aromatic N) is 4. The first-order valence-electron chi connectivity index (χ1n) is 8.74. The summed E-state index contributed by atoms with van der Waals surface area (Å²) >= 11 is 7.11. The van der Waals surface area contributed by atoms with Gasteiger partial charge in [-0.25, -0.2) is 0 Å². The second-order valence-corrected chi connectivity index (χ2v) is 7.56. The van der Waals surface area contributed by atoms with Crippen molar-refractivity contribution in [3.8, 4) is 0 Å². The van der Waals surface area contributed by atoms with Crippen molar-refractivity contribution in [2.45, 2.75) is 11.7 Å². The second kappa shape index (κ2) is 8.10. The number of nitrogens with one attached hydrogen (secondary N) is 1. The molecular weight excluding hydrogens is 410 g/mol. The molecule has 1 amide bonds. The minimum Gasteiger partial charge on any atom is -0.325 e. The topological polar surface area (TPSA) is 81.3 Å². The highest BCUT2D eigenvalue weighted by Gasteiger charge is 2.17. The SMILES string of the molecule is C=CCn1c(=O)c2ccccc2n2c(SCC(=O)Nc3ccc(Cl)cc3)nnc12. The minimum atomic E-state index is -0.183. The number of carbonyl (C=O) groups excluding carboxylic acids is 1. The highest BCUT2D eigenvalue weighted by atomic mass is 35.5. The summed E-state index contributed by atoms with van der Waals surface area (Å²) in [6.45, 7) is 4.02. The quantitative estimate of drug-likeness (QED) is 0.377. The van der Waals surface area contributed by atoms with Crippen LogP contribution in [-0.2, 0) is 11.3 Å². The van der Waals surface area contributed by atoms with Crippen molar-refractivity contribution in [1.82, 2.24) is 19.2 Å². The van der Waals surface area contributed by atoms with Gasteiger partial charge in [-0.2, -0.15) is 0 Å². The zero-order valence-corrected chi connectivity index (χ0v) is 16.8. The molecule has 0 aliphatic rings. The first-order valence-corrected chi connectivity index (χ1v) is 10.1. The Morgan fingerprint density at radius 1 is 1.17 bits per heavy atom. The average molecular weight is 426 g/mol. The van der Waals surface area contributed by atoms with Gasteiger partial charge in [-0.1, -0.05) is 41.6 Å². The first kappa shape index (κ1) is 19.2. The summed E-state index contributed by atoms with van der Waals surface area (Å²) in [7, 11) is 0. The molecule has 0 radical (unpaired) electrons. The summed E-state index contributed by atoms with van der Waals surface area (Å²) in [5.41, 5.74) is 1.20. The summed E-state index contributed by atoms with van der Waals surface area (Å²) in [4.78, 5) is 25.1. The summed E-state index contributed by atoms with van der Waals surface area (Å²) in [5, 5.41) is 12.9. The van der Waals surface area contributed by atoms with E-state index < -0.39 is 0 Å². The molecule has 0 atom stereocenters. The molecule has 0 saturated carbocycles. The van der Waals surface area contributed by atoms with E-state index in [2.05, 4.69) is 22.1 Å². The van der Waals surface area contributed by atoms with Crippen LogP contribution in [0.25, 0.3) is 16.7 Å². The Balaban J connectivity index is 1.66. The van der Waals surface area contributed by atoms with Gasteiger partial charge in [0.25, 0.3) is 5.56 Å². The molecule has 29 heavy (non-hydrogen) atoms. The van der Waals surface area contributed by atoms with Gasteiger partial charge >= 0.3 is 0 Å². The van der Waals surface area contributed by atoms with E-state index in [-0.39, 0.29) is 17.2 Å². The fourth-order valence-electron chi connectivity index (χ4n) is 2.98. The van der Waals surface area contributed by atoms with Crippen LogP contribution in [0.15, 0.2) is 71.1 Å². The van der Waals surface area contributed by atoms with Gasteiger partial charge in [0.15, 0.2) is 5.16 Å². The van der Waals surface area contributed by atoms with Crippen LogP contribution in [0, 0.1) is 0 Å². The highest BCUT2D eigenvalue weighted by Crippen LogP contribution is 2.22. The van der Waals surface area contributed by atoms with E-state index in [1.54, 1.807) is 40.8 Å². The molecule has 2 heterocycles. The maximum Gasteiger partial charge on any atom is 0.263 e. The number of amides is 1. The molecule has 4 aromatic rings. The normalized spacial score (nSPS) is 11.1. The molecule has 2 aromatic heterocycles. The summed E-state index contributed by atoms with van der Waals surface area (Å²) in [5.74, 6) is 0.366. The number of hydrogen-bond acceptors (Lipinski definition) is 5. The zero-order valence-electron chi connectivity index (χ0n) is 15.2. The Hall–Kier alpha value is -3.10. The molecule has 0 unspecified atom stereocenters. The Morgan fingerprint density at radius 3 is 2.69 bits per heavy atom. The molecule has 0 aliphatic heterocycles. The van der Waals surface area contributed by atoms with E-state index in [1.165, 1.54) is 16.3 Å². The smallest absolute Gasteiger partial charge is 0.263 e. The van der Waals surface area contributed by atoms with Crippen molar-refractivity contribution in [3.63, 3.8) is 0 Å². The number of hydrogen-bond donors (Lipinski definition) is 1. The van der Waals surface area contributed by atoms with E-state index >= 15 is 0 Å². The maximum atomic E-state index is 12.8. The van der Waals surface area contributed by atoms with E-state index in [0.717, 1.165) is 0 Å². The molecular formula is C20H16ClN5O2S. The van der Waals surface area contributed by atoms with E-state index in [9.17, 15) is 9.59 Å². The third kappa shape index (κ3) is 3.76. The van der Waals surface area contributed by atoms with Gasteiger partial charge in [0, 0.05) is 17.3 Å². The third-order valence-corrected chi connectivity index (χ3v) is 5.43. The van der Waals surface area contributed by atoms with Gasteiger partial charge in [0.1, 0.15) is 0 Å². The molecule has 0 spiro atoms. The number of aromatic nitrogens is 4. The van der Waals surface area contributed by atoms with Gasteiger partial charge in [0.2, 0.25) is 11.7 Å². The Kier molecular flexibility index (Phi) is 5.37. The number of anilines is 1. The first-order chi connectivity index (χ1) is 14.1. The lowest BCUT2D eigenvalue weighted by atomic mass is 10.2. The van der Waals surface area contributed by atoms with Gasteiger partial charge in [-0.3, -0.25) is 18.6 Å². The lowest BCUT2D eigenvalue weighted by molar-refractivity contribution is -0.113. The number of halogens is 1. The molecule has 0 bridgehead atoms. The van der Waals surface area contributed by atoms with Gasteiger partial charge in [-0.15, -0.1) is 16.8 Å². The number of carbonyl (C=O) groups is 1. The number of rotatable bonds is 6. The van der Waals surface area contributed by atoms with Crippen molar-refractivity contribution in [3.05, 3.63) is 76.6 Å². The van der Waals surface area contributed by atoms with Crippen molar-refractivity contribution >= 4 is 51.6 Å². The molecule has 146 valence electrons. The number of fused-ring (bicyclic) bond motifs is 3. The molecule has 0 aliphatic carbocycles. The van der Waals surface area contributed by atoms with E-state index in [0.29, 0.717) is 39.1 Å². The summed E-state index contributed by atoms with van der Waals surface area (Å²) in [6.07, 6.45) is 1.64. The van der Waals surface area contributed by atoms with Crippen LogP contribution < -0.4 is 10.9 Å². The zero-order chi connectivity index (χ0) is 20.4. The summed E-state index contributed by atoms with van der Waals surface area (Å²) in [6, 6.07) is 14.1. The van der Waals surface area contributed by atoms with Crippen LogP contribution in [0.3, 0.4) is 0 Å². The van der Waals surface area contributed by atoms with Gasteiger partial charge in [-0.05, 0) is 36.4 Å². The van der Waals surface area contributed by atoms with Crippen LogP contribution in [-0.4, -0.2) is 30.8 Å². The van der Waals surface area contributed by atoms with Crippen LogP contribution >= 0.6 is 23.4 Å². The van der Waals surface area contributed by atoms with Crippen molar-refractivity contribution in [1.29, 1.82) is 0 Å². The molecule has 0 fully saturated rings. The van der Waals surface area contributed by atoms with Crippen molar-refractivity contribution < 1.29 is 4.79 Å². The predicted octanol–water partition coefficient (Wildman–Crippen LogP) is 3.61. The van der Waals surface area contributed by atoms with E-state index in [4.69, 9.17) is 11.6 Å². The molecule has 7 nitrogen and oxygen atoms in total. The van der Waals surface area contributed by atoms with Crippen molar-refractivity contribution in [2.75, 3.05) is 11.1 Å². The lowest BCUT2D eigenvalue weighted by Crippen LogP contribution is -2.22. The van der Waals surface area contributed by atoms with E-state index in [1.807, 2.05) is 18.2 Å². The fourth-order valence-corrected chi connectivity index (χ4v) is 3.85. The van der Waals surface area contributed by atoms with Crippen LogP contribution in [0.5, 0.6) is 0 Å². The largest absolute Gasteiger partial charge is 0.325 e. The second-order valence-electron chi connectivity index (χ2n) is 6.18. The monoisotopic (exact) mass is 425 g/mol. The number of allylic oxidation sites excluding steroid dienone is 1. The van der Waals surface area contributed by atoms with Crippen LogP contribution in [0.2, 0.25) is 5.02 Å². The molecule has 4 rings (SSSR count). The third-order valence-electron chi connectivity index (χ3n) is 4.25.